The Morgan fingerprint density at radius 2 is 1.79 bits per heavy atom. The van der Waals surface area contributed by atoms with Crippen molar-refractivity contribution in [1.82, 2.24) is 10.2 Å². The fraction of sp³-hybridized carbons (Fsp3) is 0.357. The number of benzene rings is 1. The fourth-order valence-corrected chi connectivity index (χ4v) is 3.32. The number of para-hydroxylation sites is 1. The number of nitrogens with zero attached hydrogens (tertiary/aromatic N) is 2. The molecule has 2 unspecified atom stereocenters. The maximum atomic E-state index is 12.4. The molecule has 2 amide bonds. The van der Waals surface area contributed by atoms with Crippen molar-refractivity contribution in [1.29, 1.82) is 0 Å². The molecule has 1 aliphatic carbocycles. The van der Waals surface area contributed by atoms with Crippen molar-refractivity contribution in [2.75, 3.05) is 4.90 Å². The van der Waals surface area contributed by atoms with Crippen LogP contribution in [0.3, 0.4) is 0 Å². The van der Waals surface area contributed by atoms with Crippen molar-refractivity contribution in [2.24, 2.45) is 11.8 Å². The van der Waals surface area contributed by atoms with E-state index in [0.29, 0.717) is 5.82 Å². The summed E-state index contributed by atoms with van der Waals surface area (Å²) in [4.78, 5) is 26.1. The molecular formula is C14H13N3O2. The number of rotatable bonds is 1. The molecule has 2 heterocycles. The summed E-state index contributed by atoms with van der Waals surface area (Å²) in [6.45, 7) is 0. The van der Waals surface area contributed by atoms with Crippen LogP contribution < -0.4 is 4.90 Å². The summed E-state index contributed by atoms with van der Waals surface area (Å²) in [7, 11) is 0. The van der Waals surface area contributed by atoms with Gasteiger partial charge in [-0.15, -0.1) is 0 Å². The van der Waals surface area contributed by atoms with Crippen LogP contribution in [0.5, 0.6) is 0 Å². The van der Waals surface area contributed by atoms with E-state index in [-0.39, 0.29) is 23.7 Å². The van der Waals surface area contributed by atoms with Crippen LogP contribution in [-0.2, 0) is 9.59 Å². The van der Waals surface area contributed by atoms with Gasteiger partial charge in [0.1, 0.15) is 0 Å². The molecule has 1 aromatic carbocycles. The SMILES string of the molecule is O=C1C2CCCC2C(=O)N1c1n[nH]c2ccccc12. The molecule has 0 spiro atoms. The number of anilines is 1. The zero-order chi connectivity index (χ0) is 13.0. The number of aromatic amines is 1. The number of carbonyl (C=O) groups excluding carboxylic acids is 2. The molecule has 0 bridgehead atoms. The second-order valence-electron chi connectivity index (χ2n) is 5.25. The van der Waals surface area contributed by atoms with Crippen molar-refractivity contribution in [3.63, 3.8) is 0 Å². The molecule has 5 heteroatoms. The van der Waals surface area contributed by atoms with Gasteiger partial charge in [-0.3, -0.25) is 14.7 Å². The Morgan fingerprint density at radius 1 is 1.11 bits per heavy atom. The van der Waals surface area contributed by atoms with E-state index in [0.717, 1.165) is 30.2 Å². The average Bonchev–Trinajstić information content (AvgIpc) is 3.09. The summed E-state index contributed by atoms with van der Waals surface area (Å²) in [6.07, 6.45) is 2.63. The summed E-state index contributed by atoms with van der Waals surface area (Å²) in [5.41, 5.74) is 0.843. The van der Waals surface area contributed by atoms with E-state index < -0.39 is 0 Å². The predicted octanol–water partition coefficient (Wildman–Crippen LogP) is 1.85. The molecule has 2 aliphatic rings. The van der Waals surface area contributed by atoms with Crippen LogP contribution in [-0.4, -0.2) is 22.0 Å². The van der Waals surface area contributed by atoms with Gasteiger partial charge in [0.15, 0.2) is 5.82 Å². The van der Waals surface area contributed by atoms with Crippen LogP contribution in [0.15, 0.2) is 24.3 Å². The molecule has 1 N–H and O–H groups in total. The number of amides is 2. The fourth-order valence-electron chi connectivity index (χ4n) is 3.32. The van der Waals surface area contributed by atoms with Crippen LogP contribution in [0.4, 0.5) is 5.82 Å². The predicted molar refractivity (Wildman–Crippen MR) is 69.4 cm³/mol. The van der Waals surface area contributed by atoms with Crippen LogP contribution in [0.2, 0.25) is 0 Å². The van der Waals surface area contributed by atoms with Gasteiger partial charge in [-0.05, 0) is 25.0 Å². The molecular weight excluding hydrogens is 242 g/mol. The minimum atomic E-state index is -0.122. The van der Waals surface area contributed by atoms with E-state index in [1.807, 2.05) is 24.3 Å². The molecule has 2 aromatic rings. The first-order chi connectivity index (χ1) is 9.27. The number of hydrogen-bond acceptors (Lipinski definition) is 3. The molecule has 5 nitrogen and oxygen atoms in total. The first-order valence-electron chi connectivity index (χ1n) is 6.58. The van der Waals surface area contributed by atoms with Gasteiger partial charge in [-0.25, -0.2) is 4.90 Å². The van der Waals surface area contributed by atoms with Crippen molar-refractivity contribution < 1.29 is 9.59 Å². The quantitative estimate of drug-likeness (QED) is 0.791. The third-order valence-corrected chi connectivity index (χ3v) is 4.25. The Labute approximate surface area is 109 Å². The van der Waals surface area contributed by atoms with Crippen LogP contribution in [0.1, 0.15) is 19.3 Å². The summed E-state index contributed by atoms with van der Waals surface area (Å²) in [6, 6.07) is 7.54. The van der Waals surface area contributed by atoms with Crippen molar-refractivity contribution in [3.8, 4) is 0 Å². The van der Waals surface area contributed by atoms with Crippen LogP contribution >= 0.6 is 0 Å². The maximum absolute atomic E-state index is 12.4. The van der Waals surface area contributed by atoms with Crippen LogP contribution in [0, 0.1) is 11.8 Å². The molecule has 2 atom stereocenters. The topological polar surface area (TPSA) is 66.1 Å². The summed E-state index contributed by atoms with van der Waals surface area (Å²) >= 11 is 0. The highest BCUT2D eigenvalue weighted by Crippen LogP contribution is 2.42. The third-order valence-electron chi connectivity index (χ3n) is 4.25. The lowest BCUT2D eigenvalue weighted by molar-refractivity contribution is -0.122. The Kier molecular flexibility index (Phi) is 2.07. The van der Waals surface area contributed by atoms with Crippen molar-refractivity contribution in [3.05, 3.63) is 24.3 Å². The maximum Gasteiger partial charge on any atom is 0.238 e. The lowest BCUT2D eigenvalue weighted by atomic mass is 10.00. The first-order valence-corrected chi connectivity index (χ1v) is 6.58. The van der Waals surface area contributed by atoms with Gasteiger partial charge in [0.05, 0.1) is 17.4 Å². The highest BCUT2D eigenvalue weighted by Gasteiger charge is 2.51. The molecule has 1 saturated carbocycles. The van der Waals surface area contributed by atoms with Gasteiger partial charge < -0.3 is 0 Å². The van der Waals surface area contributed by atoms with Gasteiger partial charge in [0, 0.05) is 5.39 Å². The largest absolute Gasteiger partial charge is 0.276 e. The van der Waals surface area contributed by atoms with Gasteiger partial charge in [-0.1, -0.05) is 18.6 Å². The Bertz CT molecular complexity index is 669. The van der Waals surface area contributed by atoms with Crippen molar-refractivity contribution in [2.45, 2.75) is 19.3 Å². The van der Waals surface area contributed by atoms with E-state index in [2.05, 4.69) is 10.2 Å². The standard InChI is InChI=1S/C14H13N3O2/c18-13-8-5-3-6-9(8)14(19)17(13)12-10-4-1-2-7-11(10)15-16-12/h1-2,4,7-9H,3,5-6H2,(H,15,16). The number of imide groups is 1. The molecule has 96 valence electrons. The van der Waals surface area contributed by atoms with Gasteiger partial charge in [0.2, 0.25) is 11.8 Å². The average molecular weight is 255 g/mol. The van der Waals surface area contributed by atoms with E-state index in [1.54, 1.807) is 0 Å². The zero-order valence-electron chi connectivity index (χ0n) is 10.3. The van der Waals surface area contributed by atoms with Gasteiger partial charge in [-0.2, -0.15) is 5.10 Å². The van der Waals surface area contributed by atoms with Gasteiger partial charge >= 0.3 is 0 Å². The minimum Gasteiger partial charge on any atom is -0.276 e. The van der Waals surface area contributed by atoms with Crippen LogP contribution in [0.25, 0.3) is 10.9 Å². The minimum absolute atomic E-state index is 0.0789. The van der Waals surface area contributed by atoms with Crippen molar-refractivity contribution >= 4 is 28.5 Å². The summed E-state index contributed by atoms with van der Waals surface area (Å²) < 4.78 is 0. The summed E-state index contributed by atoms with van der Waals surface area (Å²) in [5.74, 6) is 0.0560. The summed E-state index contributed by atoms with van der Waals surface area (Å²) in [5, 5.41) is 7.86. The monoisotopic (exact) mass is 255 g/mol. The highest BCUT2D eigenvalue weighted by atomic mass is 16.2. The van der Waals surface area contributed by atoms with E-state index in [4.69, 9.17) is 0 Å². The second kappa shape index (κ2) is 3.66. The smallest absolute Gasteiger partial charge is 0.238 e. The molecule has 4 rings (SSSR count). The third kappa shape index (κ3) is 1.32. The molecule has 2 fully saturated rings. The molecule has 1 saturated heterocycles. The number of fused-ring (bicyclic) bond motifs is 2. The number of aromatic nitrogens is 2. The molecule has 19 heavy (non-hydrogen) atoms. The number of nitrogens with one attached hydrogen (secondary N) is 1. The lowest BCUT2D eigenvalue weighted by Crippen LogP contribution is -2.32. The lowest BCUT2D eigenvalue weighted by Gasteiger charge is -2.12. The molecule has 1 aliphatic heterocycles. The Hall–Kier alpha value is -2.17. The zero-order valence-corrected chi connectivity index (χ0v) is 10.3. The first kappa shape index (κ1) is 10.7. The number of hydrogen-bond donors (Lipinski definition) is 1. The van der Waals surface area contributed by atoms with E-state index >= 15 is 0 Å². The van der Waals surface area contributed by atoms with Gasteiger partial charge in [0.25, 0.3) is 0 Å². The number of H-pyrrole nitrogens is 1. The Morgan fingerprint density at radius 3 is 2.53 bits per heavy atom. The molecule has 0 radical (unpaired) electrons. The van der Waals surface area contributed by atoms with E-state index in [9.17, 15) is 9.59 Å². The second-order valence-corrected chi connectivity index (χ2v) is 5.25. The highest BCUT2D eigenvalue weighted by molar-refractivity contribution is 6.24. The number of carbonyl (C=O) groups is 2. The Balaban J connectivity index is 1.84. The van der Waals surface area contributed by atoms with E-state index in [1.165, 1.54) is 4.90 Å². The normalized spacial score (nSPS) is 26.4. The molecule has 1 aromatic heterocycles.